The molecule has 2 amide bonds. The monoisotopic (exact) mass is 259 g/mol. The molecule has 0 radical (unpaired) electrons. The predicted molar refractivity (Wildman–Crippen MR) is 73.9 cm³/mol. The summed E-state index contributed by atoms with van der Waals surface area (Å²) in [5.74, 6) is -0.164. The molecule has 0 atom stereocenters. The van der Waals surface area contributed by atoms with Crippen molar-refractivity contribution in [1.29, 1.82) is 0 Å². The van der Waals surface area contributed by atoms with E-state index in [1.54, 1.807) is 20.3 Å². The molecule has 100 valence electrons. The summed E-state index contributed by atoms with van der Waals surface area (Å²) < 4.78 is 0. The van der Waals surface area contributed by atoms with E-state index in [1.807, 2.05) is 24.3 Å². The zero-order chi connectivity index (χ0) is 13.8. The number of benzene rings is 1. The fourth-order valence-electron chi connectivity index (χ4n) is 1.86. The molecule has 0 unspecified atom stereocenters. The van der Waals surface area contributed by atoms with E-state index in [-0.39, 0.29) is 11.8 Å². The van der Waals surface area contributed by atoms with Crippen LogP contribution in [0.1, 0.15) is 16.8 Å². The number of hydrogen-bond donors (Lipinski definition) is 2. The molecule has 0 saturated heterocycles. The molecular weight excluding hydrogens is 242 g/mol. The number of amides is 2. The van der Waals surface area contributed by atoms with E-state index in [1.165, 1.54) is 4.90 Å². The fraction of sp³-hybridized carbons (Fsp3) is 0.286. The lowest BCUT2D eigenvalue weighted by atomic mass is 10.1. The second-order valence-electron chi connectivity index (χ2n) is 4.54. The highest BCUT2D eigenvalue weighted by Gasteiger charge is 2.11. The molecule has 0 aliphatic carbocycles. The summed E-state index contributed by atoms with van der Waals surface area (Å²) in [6.45, 7) is 0.343. The fourth-order valence-corrected chi connectivity index (χ4v) is 1.86. The van der Waals surface area contributed by atoms with Crippen LogP contribution in [0.4, 0.5) is 0 Å². The molecule has 0 aliphatic heterocycles. The third-order valence-corrected chi connectivity index (χ3v) is 2.96. The van der Waals surface area contributed by atoms with Crippen molar-refractivity contribution < 1.29 is 9.59 Å². The van der Waals surface area contributed by atoms with Gasteiger partial charge in [0.15, 0.2) is 0 Å². The van der Waals surface area contributed by atoms with Gasteiger partial charge in [-0.25, -0.2) is 0 Å². The molecule has 5 nitrogen and oxygen atoms in total. The average molecular weight is 259 g/mol. The Balaban J connectivity index is 1.99. The molecule has 0 spiro atoms. The van der Waals surface area contributed by atoms with E-state index in [0.29, 0.717) is 18.5 Å². The van der Waals surface area contributed by atoms with Crippen molar-refractivity contribution in [2.24, 2.45) is 0 Å². The van der Waals surface area contributed by atoms with Gasteiger partial charge in [0.05, 0.1) is 5.56 Å². The smallest absolute Gasteiger partial charge is 0.253 e. The summed E-state index contributed by atoms with van der Waals surface area (Å²) in [6.07, 6.45) is 1.99. The van der Waals surface area contributed by atoms with Crippen LogP contribution in [0.5, 0.6) is 0 Å². The third kappa shape index (κ3) is 2.93. The Hall–Kier alpha value is -2.30. The van der Waals surface area contributed by atoms with Crippen LogP contribution < -0.4 is 5.32 Å². The first-order valence-corrected chi connectivity index (χ1v) is 6.14. The van der Waals surface area contributed by atoms with Crippen molar-refractivity contribution in [1.82, 2.24) is 15.2 Å². The summed E-state index contributed by atoms with van der Waals surface area (Å²) in [5.41, 5.74) is 1.53. The number of nitrogens with one attached hydrogen (secondary N) is 2. The van der Waals surface area contributed by atoms with Crippen LogP contribution in [0.2, 0.25) is 0 Å². The number of hydrogen-bond acceptors (Lipinski definition) is 2. The van der Waals surface area contributed by atoms with Gasteiger partial charge in [0.2, 0.25) is 5.91 Å². The Bertz CT molecular complexity index is 602. The summed E-state index contributed by atoms with van der Waals surface area (Å²) >= 11 is 0. The van der Waals surface area contributed by atoms with E-state index >= 15 is 0 Å². The SMILES string of the molecule is CN(C)C(=O)CCNC(=O)c1c[nH]c2ccccc12. The molecule has 0 bridgehead atoms. The maximum absolute atomic E-state index is 12.0. The standard InChI is InChI=1S/C14H17N3O2/c1-17(2)13(18)7-8-15-14(19)11-9-16-12-6-4-3-5-10(11)12/h3-6,9,16H,7-8H2,1-2H3,(H,15,19). The lowest BCUT2D eigenvalue weighted by molar-refractivity contribution is -0.128. The van der Waals surface area contributed by atoms with Crippen molar-refractivity contribution in [2.45, 2.75) is 6.42 Å². The number of nitrogens with zero attached hydrogens (tertiary/aromatic N) is 1. The van der Waals surface area contributed by atoms with Crippen LogP contribution in [-0.4, -0.2) is 42.3 Å². The third-order valence-electron chi connectivity index (χ3n) is 2.96. The summed E-state index contributed by atoms with van der Waals surface area (Å²) in [7, 11) is 3.40. The number of para-hydroxylation sites is 1. The van der Waals surface area contributed by atoms with Crippen LogP contribution in [0.15, 0.2) is 30.5 Å². The molecule has 19 heavy (non-hydrogen) atoms. The largest absolute Gasteiger partial charge is 0.360 e. The van der Waals surface area contributed by atoms with Gasteiger partial charge < -0.3 is 15.2 Å². The number of carbonyl (C=O) groups excluding carboxylic acids is 2. The Morgan fingerprint density at radius 3 is 2.74 bits per heavy atom. The summed E-state index contributed by atoms with van der Waals surface area (Å²) in [4.78, 5) is 28.0. The first-order chi connectivity index (χ1) is 9.09. The minimum atomic E-state index is -0.163. The number of H-pyrrole nitrogens is 1. The quantitative estimate of drug-likeness (QED) is 0.871. The second kappa shape index (κ2) is 5.56. The van der Waals surface area contributed by atoms with E-state index in [4.69, 9.17) is 0 Å². The highest BCUT2D eigenvalue weighted by molar-refractivity contribution is 6.06. The second-order valence-corrected chi connectivity index (χ2v) is 4.54. The van der Waals surface area contributed by atoms with Crippen LogP contribution in [-0.2, 0) is 4.79 Å². The minimum absolute atomic E-state index is 0.000716. The summed E-state index contributed by atoms with van der Waals surface area (Å²) in [5, 5.41) is 3.64. The first-order valence-electron chi connectivity index (χ1n) is 6.14. The molecule has 1 aromatic heterocycles. The van der Waals surface area contributed by atoms with Gasteiger partial charge in [0, 0.05) is 44.2 Å². The number of aromatic nitrogens is 1. The van der Waals surface area contributed by atoms with Gasteiger partial charge >= 0.3 is 0 Å². The van der Waals surface area contributed by atoms with Gasteiger partial charge in [-0.2, -0.15) is 0 Å². The van der Waals surface area contributed by atoms with Crippen molar-refractivity contribution in [2.75, 3.05) is 20.6 Å². The number of rotatable bonds is 4. The Morgan fingerprint density at radius 1 is 1.26 bits per heavy atom. The van der Waals surface area contributed by atoms with Crippen molar-refractivity contribution >= 4 is 22.7 Å². The number of fused-ring (bicyclic) bond motifs is 1. The molecule has 1 aromatic carbocycles. The van der Waals surface area contributed by atoms with Gasteiger partial charge in [-0.05, 0) is 6.07 Å². The van der Waals surface area contributed by atoms with Crippen LogP contribution in [0, 0.1) is 0 Å². The van der Waals surface area contributed by atoms with E-state index in [2.05, 4.69) is 10.3 Å². The molecule has 0 fully saturated rings. The molecule has 2 N–H and O–H groups in total. The van der Waals surface area contributed by atoms with E-state index in [0.717, 1.165) is 10.9 Å². The van der Waals surface area contributed by atoms with Crippen molar-refractivity contribution in [3.8, 4) is 0 Å². The molecule has 0 aliphatic rings. The molecule has 0 saturated carbocycles. The Labute approximate surface area is 111 Å². The lowest BCUT2D eigenvalue weighted by Crippen LogP contribution is -2.30. The maximum Gasteiger partial charge on any atom is 0.253 e. The topological polar surface area (TPSA) is 65.2 Å². The minimum Gasteiger partial charge on any atom is -0.360 e. The van der Waals surface area contributed by atoms with E-state index < -0.39 is 0 Å². The van der Waals surface area contributed by atoms with Gasteiger partial charge in [-0.15, -0.1) is 0 Å². The Morgan fingerprint density at radius 2 is 2.00 bits per heavy atom. The van der Waals surface area contributed by atoms with Crippen LogP contribution in [0.25, 0.3) is 10.9 Å². The molecule has 2 rings (SSSR count). The van der Waals surface area contributed by atoms with Gasteiger partial charge in [-0.1, -0.05) is 18.2 Å². The number of aromatic amines is 1. The molecule has 2 aromatic rings. The van der Waals surface area contributed by atoms with Crippen LogP contribution in [0.3, 0.4) is 0 Å². The highest BCUT2D eigenvalue weighted by Crippen LogP contribution is 2.17. The molecule has 5 heteroatoms. The van der Waals surface area contributed by atoms with Crippen molar-refractivity contribution in [3.63, 3.8) is 0 Å². The zero-order valence-corrected chi connectivity index (χ0v) is 11.1. The Kier molecular flexibility index (Phi) is 3.85. The number of carbonyl (C=O) groups is 2. The van der Waals surface area contributed by atoms with E-state index in [9.17, 15) is 9.59 Å². The zero-order valence-electron chi connectivity index (χ0n) is 11.1. The normalized spacial score (nSPS) is 10.4. The van der Waals surface area contributed by atoms with Crippen molar-refractivity contribution in [3.05, 3.63) is 36.0 Å². The van der Waals surface area contributed by atoms with Gasteiger partial charge in [0.25, 0.3) is 5.91 Å². The first kappa shape index (κ1) is 13.1. The van der Waals surface area contributed by atoms with Crippen LogP contribution >= 0.6 is 0 Å². The summed E-state index contributed by atoms with van der Waals surface area (Å²) in [6, 6.07) is 7.62. The average Bonchev–Trinajstić information content (AvgIpc) is 2.82. The van der Waals surface area contributed by atoms with Gasteiger partial charge in [0.1, 0.15) is 0 Å². The van der Waals surface area contributed by atoms with Gasteiger partial charge in [-0.3, -0.25) is 9.59 Å². The lowest BCUT2D eigenvalue weighted by Gasteiger charge is -2.10. The molecular formula is C14H17N3O2. The maximum atomic E-state index is 12.0. The predicted octanol–water partition coefficient (Wildman–Crippen LogP) is 1.38. The highest BCUT2D eigenvalue weighted by atomic mass is 16.2. The molecule has 1 heterocycles.